The number of carboxylic acids is 1. The number of hydrogen-bond donors (Lipinski definition) is 1. The van der Waals surface area contributed by atoms with Crippen molar-refractivity contribution in [2.24, 2.45) is 0 Å². The summed E-state index contributed by atoms with van der Waals surface area (Å²) in [6.07, 6.45) is 1.28. The monoisotopic (exact) mass is 345 g/mol. The lowest BCUT2D eigenvalue weighted by atomic mass is 9.99. The Kier molecular flexibility index (Phi) is 4.93. The third-order valence-electron chi connectivity index (χ3n) is 2.79. The van der Waals surface area contributed by atoms with Crippen LogP contribution < -0.4 is 4.74 Å². The smallest absolute Gasteiger partial charge is 0.307 e. The van der Waals surface area contributed by atoms with Crippen LogP contribution in [-0.2, 0) is 11.2 Å². The second-order valence-corrected chi connectivity index (χ2v) is 5.45. The Bertz CT molecular complexity index is 681. The van der Waals surface area contributed by atoms with Crippen LogP contribution in [0.25, 0.3) is 11.1 Å². The third kappa shape index (κ3) is 3.59. The molecule has 1 heterocycles. The van der Waals surface area contributed by atoms with Gasteiger partial charge in [0.15, 0.2) is 0 Å². The van der Waals surface area contributed by atoms with Crippen molar-refractivity contribution in [1.82, 2.24) is 4.98 Å². The van der Waals surface area contributed by atoms with E-state index in [2.05, 4.69) is 4.98 Å². The molecule has 0 spiro atoms. The highest BCUT2D eigenvalue weighted by Gasteiger charge is 2.17. The van der Waals surface area contributed by atoms with Crippen LogP contribution >= 0.6 is 34.8 Å². The first-order chi connectivity index (χ1) is 9.92. The number of methoxy groups -OCH3 is 1. The number of rotatable bonds is 4. The van der Waals surface area contributed by atoms with Crippen LogP contribution in [0, 0.1) is 0 Å². The Labute approximate surface area is 136 Å². The largest absolute Gasteiger partial charge is 0.481 e. The molecule has 1 N–H and O–H groups in total. The molecule has 4 nitrogen and oxygen atoms in total. The van der Waals surface area contributed by atoms with Gasteiger partial charge >= 0.3 is 5.97 Å². The molecule has 0 aliphatic heterocycles. The maximum Gasteiger partial charge on any atom is 0.307 e. The highest BCUT2D eigenvalue weighted by molar-refractivity contribution is 6.41. The minimum absolute atomic E-state index is 0.205. The van der Waals surface area contributed by atoms with Crippen molar-refractivity contribution < 1.29 is 14.6 Å². The van der Waals surface area contributed by atoms with Crippen LogP contribution in [0.1, 0.15) is 5.56 Å². The number of aliphatic carboxylic acids is 1. The number of ether oxygens (including phenoxy) is 1. The summed E-state index contributed by atoms with van der Waals surface area (Å²) in [5.41, 5.74) is 1.53. The highest BCUT2D eigenvalue weighted by atomic mass is 35.5. The van der Waals surface area contributed by atoms with Crippen LogP contribution in [0.4, 0.5) is 0 Å². The van der Waals surface area contributed by atoms with E-state index in [4.69, 9.17) is 44.6 Å². The van der Waals surface area contributed by atoms with Gasteiger partial charge in [-0.25, -0.2) is 4.98 Å². The van der Waals surface area contributed by atoms with E-state index in [0.717, 1.165) is 0 Å². The van der Waals surface area contributed by atoms with Crippen molar-refractivity contribution in [3.05, 3.63) is 45.0 Å². The minimum atomic E-state index is -0.981. The Morgan fingerprint density at radius 2 is 1.86 bits per heavy atom. The fraction of sp³-hybridized carbons (Fsp3) is 0.143. The number of hydrogen-bond acceptors (Lipinski definition) is 3. The summed E-state index contributed by atoms with van der Waals surface area (Å²) in [6.45, 7) is 0. The average molecular weight is 347 g/mol. The van der Waals surface area contributed by atoms with E-state index in [1.807, 2.05) is 0 Å². The first-order valence-corrected chi connectivity index (χ1v) is 6.95. The van der Waals surface area contributed by atoms with Crippen molar-refractivity contribution in [2.75, 3.05) is 7.11 Å². The van der Waals surface area contributed by atoms with Crippen molar-refractivity contribution in [1.29, 1.82) is 0 Å². The maximum atomic E-state index is 11.0. The Hall–Kier alpha value is -1.49. The predicted molar refractivity (Wildman–Crippen MR) is 82.6 cm³/mol. The molecule has 0 unspecified atom stereocenters. The zero-order valence-electron chi connectivity index (χ0n) is 10.9. The molecular formula is C14H10Cl3NO3. The van der Waals surface area contributed by atoms with Crippen molar-refractivity contribution in [3.63, 3.8) is 0 Å². The van der Waals surface area contributed by atoms with Crippen LogP contribution in [0.3, 0.4) is 0 Å². The topological polar surface area (TPSA) is 59.4 Å². The van der Waals surface area contributed by atoms with Crippen molar-refractivity contribution in [2.45, 2.75) is 6.42 Å². The van der Waals surface area contributed by atoms with E-state index in [-0.39, 0.29) is 6.42 Å². The van der Waals surface area contributed by atoms with Gasteiger partial charge < -0.3 is 9.84 Å². The van der Waals surface area contributed by atoms with Gasteiger partial charge in [-0.05, 0) is 17.7 Å². The number of halogens is 3. The lowest BCUT2D eigenvalue weighted by Gasteiger charge is -2.13. The van der Waals surface area contributed by atoms with E-state index < -0.39 is 5.97 Å². The summed E-state index contributed by atoms with van der Waals surface area (Å²) < 4.78 is 5.02. The molecule has 0 radical (unpaired) electrons. The summed E-state index contributed by atoms with van der Waals surface area (Å²) in [4.78, 5) is 15.1. The normalized spacial score (nSPS) is 10.5. The Balaban J connectivity index is 2.65. The second-order valence-electron chi connectivity index (χ2n) is 4.20. The molecule has 2 rings (SSSR count). The van der Waals surface area contributed by atoms with E-state index in [1.165, 1.54) is 13.3 Å². The molecule has 0 bridgehead atoms. The number of pyridine rings is 1. The fourth-order valence-corrected chi connectivity index (χ4v) is 2.94. The van der Waals surface area contributed by atoms with E-state index in [1.54, 1.807) is 18.2 Å². The summed E-state index contributed by atoms with van der Waals surface area (Å²) in [5.74, 6) is -0.665. The molecule has 0 aliphatic carbocycles. The lowest BCUT2D eigenvalue weighted by molar-refractivity contribution is -0.136. The molecule has 0 saturated heterocycles. The molecule has 7 heteroatoms. The Morgan fingerprint density at radius 3 is 2.38 bits per heavy atom. The van der Waals surface area contributed by atoms with Gasteiger partial charge in [0.2, 0.25) is 5.88 Å². The Morgan fingerprint density at radius 1 is 1.24 bits per heavy atom. The van der Waals surface area contributed by atoms with E-state index in [0.29, 0.717) is 37.6 Å². The van der Waals surface area contributed by atoms with Gasteiger partial charge in [-0.2, -0.15) is 0 Å². The second kappa shape index (κ2) is 6.52. The summed E-state index contributed by atoms with van der Waals surface area (Å²) in [7, 11) is 1.45. The SMILES string of the molecule is COc1cc(CC(=O)O)c(-c2c(Cl)cc(Cl)cc2Cl)cn1. The molecule has 0 fully saturated rings. The molecule has 0 amide bonds. The van der Waals surface area contributed by atoms with Crippen molar-refractivity contribution >= 4 is 40.8 Å². The quantitative estimate of drug-likeness (QED) is 0.894. The molecule has 1 aromatic carbocycles. The van der Waals surface area contributed by atoms with E-state index in [9.17, 15) is 4.79 Å². The first-order valence-electron chi connectivity index (χ1n) is 5.82. The maximum absolute atomic E-state index is 11.0. The van der Waals surface area contributed by atoms with E-state index >= 15 is 0 Å². The van der Waals surface area contributed by atoms with Gasteiger partial charge in [-0.15, -0.1) is 0 Å². The summed E-state index contributed by atoms with van der Waals surface area (Å²) >= 11 is 18.2. The molecule has 110 valence electrons. The van der Waals surface area contributed by atoms with Crippen LogP contribution in [0.5, 0.6) is 5.88 Å². The standard InChI is InChI=1S/C14H10Cl3NO3/c1-21-12-2-7(3-13(19)20)9(6-18-12)14-10(16)4-8(15)5-11(14)17/h2,4-6H,3H2,1H3,(H,19,20). The van der Waals surface area contributed by atoms with Crippen LogP contribution in [0.2, 0.25) is 15.1 Å². The number of aromatic nitrogens is 1. The zero-order valence-corrected chi connectivity index (χ0v) is 13.1. The van der Waals surface area contributed by atoms with Gasteiger partial charge in [0.25, 0.3) is 0 Å². The molecule has 2 aromatic rings. The predicted octanol–water partition coefficient (Wildman–Crippen LogP) is 4.34. The highest BCUT2D eigenvalue weighted by Crippen LogP contribution is 2.39. The molecule has 21 heavy (non-hydrogen) atoms. The van der Waals surface area contributed by atoms with Gasteiger partial charge in [0.1, 0.15) is 0 Å². The number of carbonyl (C=O) groups is 1. The van der Waals surface area contributed by atoms with Gasteiger partial charge in [-0.1, -0.05) is 34.8 Å². The van der Waals surface area contributed by atoms with Gasteiger partial charge in [0, 0.05) is 28.4 Å². The fourth-order valence-electron chi connectivity index (χ4n) is 1.92. The lowest BCUT2D eigenvalue weighted by Crippen LogP contribution is -2.04. The molecule has 0 aliphatic rings. The van der Waals surface area contributed by atoms with Gasteiger partial charge in [0.05, 0.1) is 23.6 Å². The molecule has 0 saturated carbocycles. The number of nitrogens with zero attached hydrogens (tertiary/aromatic N) is 1. The molecule has 0 atom stereocenters. The zero-order chi connectivity index (χ0) is 15.6. The van der Waals surface area contributed by atoms with Crippen LogP contribution in [-0.4, -0.2) is 23.2 Å². The van der Waals surface area contributed by atoms with Crippen molar-refractivity contribution in [3.8, 4) is 17.0 Å². The molecule has 1 aromatic heterocycles. The number of carboxylic acid groups (broad SMARTS) is 1. The summed E-state index contributed by atoms with van der Waals surface area (Å²) in [5, 5.41) is 10.1. The third-order valence-corrected chi connectivity index (χ3v) is 3.61. The summed E-state index contributed by atoms with van der Waals surface area (Å²) in [6, 6.07) is 4.63. The van der Waals surface area contributed by atoms with Gasteiger partial charge in [-0.3, -0.25) is 4.79 Å². The minimum Gasteiger partial charge on any atom is -0.481 e. The molecular weight excluding hydrogens is 337 g/mol. The number of benzene rings is 1. The van der Waals surface area contributed by atoms with Crippen LogP contribution in [0.15, 0.2) is 24.4 Å². The first kappa shape index (κ1) is 15.9. The average Bonchev–Trinajstić information content (AvgIpc) is 2.38.